The van der Waals surface area contributed by atoms with Gasteiger partial charge in [0, 0.05) is 21.2 Å². The number of nitrogens with one attached hydrogen (secondary N) is 1. The van der Waals surface area contributed by atoms with Crippen molar-refractivity contribution in [3.8, 4) is 0 Å². The maximum atomic E-state index is 3.49. The van der Waals surface area contributed by atoms with E-state index in [1.807, 2.05) is 0 Å². The van der Waals surface area contributed by atoms with Crippen LogP contribution in [-0.2, 0) is 5.41 Å². The molecule has 1 nitrogen and oxygen atoms in total. The molecule has 3 rings (SSSR count). The largest absolute Gasteiger partial charge is 0.384 e. The second-order valence-electron chi connectivity index (χ2n) is 3.80. The van der Waals surface area contributed by atoms with Crippen LogP contribution in [0, 0.1) is 3.57 Å². The molecule has 0 atom stereocenters. The number of hydrogen-bond acceptors (Lipinski definition) is 1. The van der Waals surface area contributed by atoms with Gasteiger partial charge in [-0.2, -0.15) is 0 Å². The maximum Gasteiger partial charge on any atom is 0.0390 e. The average molecular weight is 271 g/mol. The number of anilines is 1. The van der Waals surface area contributed by atoms with Crippen LogP contribution in [0.25, 0.3) is 0 Å². The zero-order valence-corrected chi connectivity index (χ0v) is 8.89. The highest BCUT2D eigenvalue weighted by Crippen LogP contribution is 2.55. The highest BCUT2D eigenvalue weighted by molar-refractivity contribution is 14.1. The van der Waals surface area contributed by atoms with E-state index in [0.29, 0.717) is 5.41 Å². The SMILES string of the molecule is Ic1cccc2c1C1(CC1)CN2. The Morgan fingerprint density at radius 3 is 2.92 bits per heavy atom. The monoisotopic (exact) mass is 271 g/mol. The predicted octanol–water partition coefficient (Wildman–Crippen LogP) is 2.75. The molecule has 1 aliphatic carbocycles. The van der Waals surface area contributed by atoms with Crippen LogP contribution in [0.15, 0.2) is 18.2 Å². The molecule has 0 radical (unpaired) electrons. The number of benzene rings is 1. The molecule has 0 unspecified atom stereocenters. The van der Waals surface area contributed by atoms with Gasteiger partial charge in [-0.05, 0) is 53.1 Å². The Morgan fingerprint density at radius 2 is 2.17 bits per heavy atom. The van der Waals surface area contributed by atoms with Gasteiger partial charge in [0.2, 0.25) is 0 Å². The highest BCUT2D eigenvalue weighted by atomic mass is 127. The minimum atomic E-state index is 0.549. The minimum absolute atomic E-state index is 0.549. The standard InChI is InChI=1S/C10H10IN/c11-7-2-1-3-8-9(7)10(4-5-10)6-12-8/h1-3,12H,4-6H2. The lowest BCUT2D eigenvalue weighted by Gasteiger charge is -2.07. The fraction of sp³-hybridized carbons (Fsp3) is 0.400. The summed E-state index contributed by atoms with van der Waals surface area (Å²) < 4.78 is 1.44. The normalized spacial score (nSPS) is 22.1. The Kier molecular flexibility index (Phi) is 1.29. The van der Waals surface area contributed by atoms with Crippen molar-refractivity contribution in [1.82, 2.24) is 0 Å². The second kappa shape index (κ2) is 2.16. The molecule has 1 aromatic rings. The van der Waals surface area contributed by atoms with Crippen LogP contribution in [0.1, 0.15) is 18.4 Å². The molecule has 1 heterocycles. The van der Waals surface area contributed by atoms with Gasteiger partial charge in [-0.25, -0.2) is 0 Å². The van der Waals surface area contributed by atoms with E-state index in [9.17, 15) is 0 Å². The van der Waals surface area contributed by atoms with Crippen LogP contribution in [0.3, 0.4) is 0 Å². The van der Waals surface area contributed by atoms with E-state index < -0.39 is 0 Å². The smallest absolute Gasteiger partial charge is 0.0390 e. The molecule has 1 aromatic carbocycles. The lowest BCUT2D eigenvalue weighted by molar-refractivity contribution is 0.773. The lowest BCUT2D eigenvalue weighted by Crippen LogP contribution is -2.09. The molecule has 62 valence electrons. The third kappa shape index (κ3) is 0.789. The first-order chi connectivity index (χ1) is 5.82. The van der Waals surface area contributed by atoms with Gasteiger partial charge in [-0.15, -0.1) is 0 Å². The first-order valence-electron chi connectivity index (χ1n) is 4.35. The third-order valence-corrected chi connectivity index (χ3v) is 3.91. The van der Waals surface area contributed by atoms with Gasteiger partial charge in [0.05, 0.1) is 0 Å². The number of halogens is 1. The molecule has 0 aromatic heterocycles. The van der Waals surface area contributed by atoms with Gasteiger partial charge in [0.1, 0.15) is 0 Å². The van der Waals surface area contributed by atoms with Crippen molar-refractivity contribution in [2.75, 3.05) is 11.9 Å². The Labute approximate surface area is 85.7 Å². The molecule has 1 N–H and O–H groups in total. The molecule has 12 heavy (non-hydrogen) atoms. The van der Waals surface area contributed by atoms with E-state index in [-0.39, 0.29) is 0 Å². The van der Waals surface area contributed by atoms with Crippen LogP contribution >= 0.6 is 22.6 Å². The van der Waals surface area contributed by atoms with Crippen LogP contribution in [0.2, 0.25) is 0 Å². The summed E-state index contributed by atoms with van der Waals surface area (Å²) in [5.41, 5.74) is 3.51. The van der Waals surface area contributed by atoms with Crippen molar-refractivity contribution >= 4 is 28.3 Å². The van der Waals surface area contributed by atoms with E-state index in [0.717, 1.165) is 0 Å². The van der Waals surface area contributed by atoms with Gasteiger partial charge in [-0.1, -0.05) is 6.07 Å². The van der Waals surface area contributed by atoms with Gasteiger partial charge >= 0.3 is 0 Å². The molecular formula is C10H10IN. The van der Waals surface area contributed by atoms with Crippen molar-refractivity contribution in [1.29, 1.82) is 0 Å². The fourth-order valence-electron chi connectivity index (χ4n) is 2.14. The minimum Gasteiger partial charge on any atom is -0.384 e. The van der Waals surface area contributed by atoms with E-state index in [4.69, 9.17) is 0 Å². The van der Waals surface area contributed by atoms with Crippen LogP contribution < -0.4 is 5.32 Å². The third-order valence-electron chi connectivity index (χ3n) is 3.01. The fourth-order valence-corrected chi connectivity index (χ4v) is 3.21. The number of hydrogen-bond donors (Lipinski definition) is 1. The molecule has 1 saturated carbocycles. The summed E-state index contributed by atoms with van der Waals surface area (Å²) in [5, 5.41) is 3.49. The Morgan fingerprint density at radius 1 is 1.33 bits per heavy atom. The van der Waals surface area contributed by atoms with Gasteiger partial charge in [-0.3, -0.25) is 0 Å². The zero-order valence-electron chi connectivity index (χ0n) is 6.73. The molecule has 0 bridgehead atoms. The number of fused-ring (bicyclic) bond motifs is 2. The first kappa shape index (κ1) is 7.18. The van der Waals surface area contributed by atoms with Crippen molar-refractivity contribution in [3.05, 3.63) is 27.3 Å². The maximum absolute atomic E-state index is 3.49. The van der Waals surface area contributed by atoms with Crippen molar-refractivity contribution in [2.24, 2.45) is 0 Å². The molecule has 1 spiro atoms. The van der Waals surface area contributed by atoms with Crippen LogP contribution in [-0.4, -0.2) is 6.54 Å². The summed E-state index contributed by atoms with van der Waals surface area (Å²) in [6, 6.07) is 6.55. The van der Waals surface area contributed by atoms with E-state index in [2.05, 4.69) is 46.1 Å². The van der Waals surface area contributed by atoms with E-state index >= 15 is 0 Å². The highest BCUT2D eigenvalue weighted by Gasteiger charge is 2.49. The van der Waals surface area contributed by atoms with Crippen molar-refractivity contribution in [2.45, 2.75) is 18.3 Å². The van der Waals surface area contributed by atoms with Crippen molar-refractivity contribution in [3.63, 3.8) is 0 Å². The molecule has 0 amide bonds. The first-order valence-corrected chi connectivity index (χ1v) is 5.43. The van der Waals surface area contributed by atoms with Gasteiger partial charge in [0.15, 0.2) is 0 Å². The molecule has 0 saturated heterocycles. The lowest BCUT2D eigenvalue weighted by atomic mass is 9.99. The Balaban J connectivity index is 2.26. The van der Waals surface area contributed by atoms with Crippen molar-refractivity contribution < 1.29 is 0 Å². The molecular weight excluding hydrogens is 261 g/mol. The quantitative estimate of drug-likeness (QED) is 0.715. The molecule has 2 aliphatic rings. The summed E-state index contributed by atoms with van der Waals surface area (Å²) in [6.45, 7) is 1.17. The summed E-state index contributed by atoms with van der Waals surface area (Å²) in [5.74, 6) is 0. The number of rotatable bonds is 0. The molecule has 2 heteroatoms. The summed E-state index contributed by atoms with van der Waals surface area (Å²) in [6.07, 6.45) is 2.76. The van der Waals surface area contributed by atoms with Crippen LogP contribution in [0.5, 0.6) is 0 Å². The van der Waals surface area contributed by atoms with E-state index in [1.165, 1.54) is 28.6 Å². The summed E-state index contributed by atoms with van der Waals surface area (Å²) in [4.78, 5) is 0. The van der Waals surface area contributed by atoms with Gasteiger partial charge in [0.25, 0.3) is 0 Å². The molecule has 1 aliphatic heterocycles. The van der Waals surface area contributed by atoms with Crippen LogP contribution in [0.4, 0.5) is 5.69 Å². The summed E-state index contributed by atoms with van der Waals surface area (Å²) in [7, 11) is 0. The Bertz CT molecular complexity index is 342. The topological polar surface area (TPSA) is 12.0 Å². The molecule has 1 fully saturated rings. The zero-order chi connectivity index (χ0) is 8.18. The predicted molar refractivity (Wildman–Crippen MR) is 58.6 cm³/mol. The second-order valence-corrected chi connectivity index (χ2v) is 4.96. The van der Waals surface area contributed by atoms with E-state index in [1.54, 1.807) is 5.56 Å². The van der Waals surface area contributed by atoms with Gasteiger partial charge < -0.3 is 5.32 Å². The average Bonchev–Trinajstić information content (AvgIpc) is 2.71. The summed E-state index contributed by atoms with van der Waals surface area (Å²) >= 11 is 2.45. The Hall–Kier alpha value is -0.250.